The molecule has 0 aliphatic carbocycles. The Morgan fingerprint density at radius 3 is 2.42 bits per heavy atom. The van der Waals surface area contributed by atoms with E-state index in [9.17, 15) is 9.90 Å². The molecule has 0 aliphatic heterocycles. The lowest BCUT2D eigenvalue weighted by molar-refractivity contribution is -0.105. The normalized spacial score (nSPS) is 9.42. The smallest absolute Gasteiger partial charge is 0.211 e. The first kappa shape index (κ1) is 8.74. The van der Waals surface area contributed by atoms with Crippen molar-refractivity contribution in [1.82, 2.24) is 0 Å². The van der Waals surface area contributed by atoms with Crippen LogP contribution in [0.2, 0.25) is 0 Å². The van der Waals surface area contributed by atoms with E-state index in [1.807, 2.05) is 12.1 Å². The number of hydrogen-bond donors (Lipinski definition) is 1. The van der Waals surface area contributed by atoms with E-state index < -0.39 is 0 Å². The third-order valence-electron chi connectivity index (χ3n) is 1.57. The number of hydrogen-bond acceptors (Lipinski definition) is 1. The Labute approximate surface area is 71.0 Å². The lowest BCUT2D eigenvalue weighted by Crippen LogP contribution is -1.94. The van der Waals surface area contributed by atoms with Gasteiger partial charge in [0.25, 0.3) is 0 Å². The minimum absolute atomic E-state index is 0.0968. The summed E-state index contributed by atoms with van der Waals surface area (Å²) < 4.78 is 0. The molecular weight excluding hydrogens is 154 g/mol. The minimum Gasteiger partial charge on any atom is -0.329 e. The molecule has 0 unspecified atom stereocenters. The Hall–Kier alpha value is -1.35. The molecule has 3 heteroatoms. The Morgan fingerprint density at radius 1 is 1.25 bits per heavy atom. The summed E-state index contributed by atoms with van der Waals surface area (Å²) in [5, 5.41) is 12.8. The number of benzene rings is 1. The summed E-state index contributed by atoms with van der Waals surface area (Å²) >= 11 is 0. The zero-order chi connectivity index (χ0) is 8.81. The molecule has 0 heterocycles. The van der Waals surface area contributed by atoms with Crippen molar-refractivity contribution in [2.45, 2.75) is 6.42 Å². The Kier molecular flexibility index (Phi) is 3.29. The van der Waals surface area contributed by atoms with Gasteiger partial charge >= 0.3 is 0 Å². The van der Waals surface area contributed by atoms with Crippen molar-refractivity contribution in [2.75, 3.05) is 11.9 Å². The Morgan fingerprint density at radius 2 is 1.92 bits per heavy atom. The third kappa shape index (κ3) is 2.36. The van der Waals surface area contributed by atoms with Gasteiger partial charge in [0.15, 0.2) is 0 Å². The van der Waals surface area contributed by atoms with E-state index in [0.29, 0.717) is 12.8 Å². The lowest BCUT2D eigenvalue weighted by atomic mass is 10.1. The second-order valence-corrected chi connectivity index (χ2v) is 2.41. The van der Waals surface area contributed by atoms with Gasteiger partial charge in [-0.25, -0.2) is 5.11 Å². The van der Waals surface area contributed by atoms with Crippen LogP contribution in [0.1, 0.15) is 5.56 Å². The van der Waals surface area contributed by atoms with Crippen molar-refractivity contribution >= 4 is 12.1 Å². The lowest BCUT2D eigenvalue weighted by Gasteiger charge is -1.99. The minimum atomic E-state index is -0.0968. The molecule has 0 saturated carbocycles. The van der Waals surface area contributed by atoms with Gasteiger partial charge in [-0.05, 0) is 24.1 Å². The van der Waals surface area contributed by atoms with E-state index in [2.05, 4.69) is 5.32 Å². The highest BCUT2D eigenvalue weighted by atomic mass is 16.2. The van der Waals surface area contributed by atoms with E-state index in [4.69, 9.17) is 0 Å². The number of carbonyl (C=O) groups excluding carboxylic acids is 1. The maximum atomic E-state index is 10.2. The fourth-order valence-corrected chi connectivity index (χ4v) is 0.954. The predicted molar refractivity (Wildman–Crippen MR) is 45.4 cm³/mol. The summed E-state index contributed by atoms with van der Waals surface area (Å²) in [5.74, 6) is 0. The topological polar surface area (TPSA) is 49.0 Å². The Balaban J connectivity index is 2.64. The fraction of sp³-hybridized carbons (Fsp3) is 0.222. The van der Waals surface area contributed by atoms with Gasteiger partial charge in [-0.1, -0.05) is 12.1 Å². The maximum absolute atomic E-state index is 10.2. The van der Waals surface area contributed by atoms with Gasteiger partial charge in [-0.2, -0.15) is 0 Å². The number of rotatable bonds is 4. The molecule has 0 spiro atoms. The molecule has 0 saturated heterocycles. The predicted octanol–water partition coefficient (Wildman–Crippen LogP) is 1.23. The van der Waals surface area contributed by atoms with Crippen LogP contribution < -0.4 is 5.32 Å². The molecule has 0 aliphatic rings. The first-order valence-electron chi connectivity index (χ1n) is 3.74. The highest BCUT2D eigenvalue weighted by molar-refractivity contribution is 5.70. The molecule has 1 amide bonds. The van der Waals surface area contributed by atoms with E-state index >= 15 is 0 Å². The molecule has 1 radical (unpaired) electrons. The van der Waals surface area contributed by atoms with Gasteiger partial charge in [0.05, 0.1) is 6.61 Å². The van der Waals surface area contributed by atoms with E-state index in [1.165, 1.54) is 0 Å². The summed E-state index contributed by atoms with van der Waals surface area (Å²) in [6.45, 7) is -0.0968. The van der Waals surface area contributed by atoms with Crippen molar-refractivity contribution in [1.29, 1.82) is 0 Å². The molecule has 1 aromatic rings. The largest absolute Gasteiger partial charge is 0.329 e. The zero-order valence-electron chi connectivity index (χ0n) is 6.62. The monoisotopic (exact) mass is 164 g/mol. The van der Waals surface area contributed by atoms with Gasteiger partial charge in [-0.3, -0.25) is 4.79 Å². The third-order valence-corrected chi connectivity index (χ3v) is 1.57. The molecule has 0 aromatic heterocycles. The van der Waals surface area contributed by atoms with Crippen LogP contribution in [0.15, 0.2) is 24.3 Å². The molecule has 1 N–H and O–H groups in total. The van der Waals surface area contributed by atoms with Crippen LogP contribution in [-0.4, -0.2) is 13.0 Å². The summed E-state index contributed by atoms with van der Waals surface area (Å²) in [4.78, 5) is 10.0. The molecular formula is C9H10NO2. The standard InChI is InChI=1S/C9H10NO2/c11-6-5-8-1-3-9(4-2-8)10-7-12/h1-4,7H,5-6H2,(H,10,12). The fourth-order valence-electron chi connectivity index (χ4n) is 0.954. The van der Waals surface area contributed by atoms with Gasteiger partial charge in [0.1, 0.15) is 0 Å². The quantitative estimate of drug-likeness (QED) is 0.668. The van der Waals surface area contributed by atoms with Crippen molar-refractivity contribution in [3.05, 3.63) is 29.8 Å². The van der Waals surface area contributed by atoms with Crippen LogP contribution in [0, 0.1) is 0 Å². The highest BCUT2D eigenvalue weighted by Crippen LogP contribution is 2.08. The Bertz CT molecular complexity index is 243. The van der Waals surface area contributed by atoms with Crippen molar-refractivity contribution in [3.63, 3.8) is 0 Å². The molecule has 0 bridgehead atoms. The first-order chi connectivity index (χ1) is 5.86. The second kappa shape index (κ2) is 4.51. The summed E-state index contributed by atoms with van der Waals surface area (Å²) in [5.41, 5.74) is 1.75. The van der Waals surface area contributed by atoms with Gasteiger partial charge in [0, 0.05) is 5.69 Å². The number of amides is 1. The molecule has 3 nitrogen and oxygen atoms in total. The van der Waals surface area contributed by atoms with E-state index in [0.717, 1.165) is 11.3 Å². The van der Waals surface area contributed by atoms with Crippen LogP contribution in [0.4, 0.5) is 5.69 Å². The maximum Gasteiger partial charge on any atom is 0.211 e. The SMILES string of the molecule is [O]CCc1ccc(NC=O)cc1. The number of carbonyl (C=O) groups is 1. The van der Waals surface area contributed by atoms with Gasteiger partial charge in [-0.15, -0.1) is 0 Å². The van der Waals surface area contributed by atoms with Crippen LogP contribution in [0.5, 0.6) is 0 Å². The second-order valence-electron chi connectivity index (χ2n) is 2.41. The molecule has 1 rings (SSSR count). The van der Waals surface area contributed by atoms with Crippen LogP contribution in [0.25, 0.3) is 0 Å². The van der Waals surface area contributed by atoms with Gasteiger partial charge < -0.3 is 5.32 Å². The molecule has 0 atom stereocenters. The molecule has 12 heavy (non-hydrogen) atoms. The van der Waals surface area contributed by atoms with Crippen LogP contribution in [-0.2, 0) is 16.3 Å². The summed E-state index contributed by atoms with van der Waals surface area (Å²) in [7, 11) is 0. The van der Waals surface area contributed by atoms with E-state index in [-0.39, 0.29) is 6.61 Å². The summed E-state index contributed by atoms with van der Waals surface area (Å²) in [6, 6.07) is 7.23. The van der Waals surface area contributed by atoms with Crippen molar-refractivity contribution in [2.24, 2.45) is 0 Å². The van der Waals surface area contributed by atoms with Crippen LogP contribution >= 0.6 is 0 Å². The summed E-state index contributed by atoms with van der Waals surface area (Å²) in [6.07, 6.45) is 1.17. The number of anilines is 1. The average Bonchev–Trinajstić information content (AvgIpc) is 2.09. The average molecular weight is 164 g/mol. The van der Waals surface area contributed by atoms with E-state index in [1.54, 1.807) is 12.1 Å². The van der Waals surface area contributed by atoms with Gasteiger partial charge in [0.2, 0.25) is 6.41 Å². The molecule has 1 aromatic carbocycles. The van der Waals surface area contributed by atoms with Crippen LogP contribution in [0.3, 0.4) is 0 Å². The van der Waals surface area contributed by atoms with Crippen molar-refractivity contribution in [3.8, 4) is 0 Å². The molecule has 0 fully saturated rings. The van der Waals surface area contributed by atoms with Crippen molar-refractivity contribution < 1.29 is 9.90 Å². The number of nitrogens with one attached hydrogen (secondary N) is 1. The first-order valence-corrected chi connectivity index (χ1v) is 3.74. The zero-order valence-corrected chi connectivity index (χ0v) is 6.62. The molecule has 63 valence electrons. The highest BCUT2D eigenvalue weighted by Gasteiger charge is 1.92.